The lowest BCUT2D eigenvalue weighted by atomic mass is 10.2. The number of carbonyl (C=O) groups excluding carboxylic acids is 1. The first-order chi connectivity index (χ1) is 8.80. The van der Waals surface area contributed by atoms with Crippen LogP contribution in [0.4, 0.5) is 19.0 Å². The fraction of sp³-hybridized carbons (Fsp3) is 0.182. The van der Waals surface area contributed by atoms with Crippen LogP contribution in [0.3, 0.4) is 0 Å². The Kier molecular flexibility index (Phi) is 3.01. The average Bonchev–Trinajstić information content (AvgIpc) is 2.70. The number of rotatable bonds is 2. The second-order valence-corrected chi connectivity index (χ2v) is 3.81. The summed E-state index contributed by atoms with van der Waals surface area (Å²) in [5.41, 5.74) is 5.14. The molecule has 2 heterocycles. The van der Waals surface area contributed by atoms with Gasteiger partial charge < -0.3 is 5.73 Å². The Hall–Kier alpha value is -2.38. The van der Waals surface area contributed by atoms with Crippen LogP contribution in [-0.4, -0.2) is 20.5 Å². The summed E-state index contributed by atoms with van der Waals surface area (Å²) in [6.07, 6.45) is -2.25. The standard InChI is InChI=1S/C11H9F3N4O/c1-6(19)8-5-17-18(10(8)15)7-2-3-9(16-4-7)11(12,13)14/h2-5H,15H2,1H3. The van der Waals surface area contributed by atoms with E-state index in [1.54, 1.807) is 0 Å². The van der Waals surface area contributed by atoms with Gasteiger partial charge >= 0.3 is 6.18 Å². The molecule has 0 aromatic carbocycles. The first kappa shape index (κ1) is 13.1. The second kappa shape index (κ2) is 4.38. The van der Waals surface area contributed by atoms with E-state index in [-0.39, 0.29) is 22.9 Å². The van der Waals surface area contributed by atoms with Crippen LogP contribution < -0.4 is 5.73 Å². The van der Waals surface area contributed by atoms with Crippen molar-refractivity contribution in [1.82, 2.24) is 14.8 Å². The molecule has 0 aliphatic carbocycles. The number of nitrogen functional groups attached to an aromatic ring is 1. The molecule has 2 aromatic rings. The Bertz CT molecular complexity index is 616. The van der Waals surface area contributed by atoms with Gasteiger partial charge in [0.15, 0.2) is 5.78 Å². The minimum Gasteiger partial charge on any atom is -0.383 e. The van der Waals surface area contributed by atoms with E-state index in [0.717, 1.165) is 16.9 Å². The first-order valence-electron chi connectivity index (χ1n) is 5.18. The largest absolute Gasteiger partial charge is 0.433 e. The normalized spacial score (nSPS) is 11.6. The van der Waals surface area contributed by atoms with Gasteiger partial charge in [-0.1, -0.05) is 0 Å². The van der Waals surface area contributed by atoms with Gasteiger partial charge in [0.05, 0.1) is 23.6 Å². The second-order valence-electron chi connectivity index (χ2n) is 3.81. The van der Waals surface area contributed by atoms with Gasteiger partial charge in [0, 0.05) is 0 Å². The molecule has 0 bridgehead atoms. The van der Waals surface area contributed by atoms with Gasteiger partial charge in [0.2, 0.25) is 0 Å². The number of anilines is 1. The Morgan fingerprint density at radius 2 is 2.00 bits per heavy atom. The quantitative estimate of drug-likeness (QED) is 0.848. The SMILES string of the molecule is CC(=O)c1cnn(-c2ccc(C(F)(F)F)nc2)c1N. The average molecular weight is 270 g/mol. The van der Waals surface area contributed by atoms with E-state index in [1.807, 2.05) is 0 Å². The molecule has 0 radical (unpaired) electrons. The zero-order valence-electron chi connectivity index (χ0n) is 9.77. The van der Waals surface area contributed by atoms with Crippen molar-refractivity contribution >= 4 is 11.6 Å². The third-order valence-corrected chi connectivity index (χ3v) is 2.47. The molecule has 0 saturated carbocycles. The molecular formula is C11H9F3N4O. The molecule has 100 valence electrons. The molecule has 2 aromatic heterocycles. The number of ketones is 1. The molecule has 0 amide bonds. The van der Waals surface area contributed by atoms with E-state index in [9.17, 15) is 18.0 Å². The van der Waals surface area contributed by atoms with Crippen LogP contribution in [-0.2, 0) is 6.18 Å². The summed E-state index contributed by atoms with van der Waals surface area (Å²) in [6.45, 7) is 1.32. The van der Waals surface area contributed by atoms with Gasteiger partial charge in [-0.3, -0.25) is 4.79 Å². The number of alkyl halides is 3. The minimum atomic E-state index is -4.50. The lowest BCUT2D eigenvalue weighted by molar-refractivity contribution is -0.141. The lowest BCUT2D eigenvalue weighted by Gasteiger charge is -2.07. The highest BCUT2D eigenvalue weighted by atomic mass is 19.4. The van der Waals surface area contributed by atoms with Crippen LogP contribution >= 0.6 is 0 Å². The van der Waals surface area contributed by atoms with Crippen molar-refractivity contribution in [3.8, 4) is 5.69 Å². The number of aromatic nitrogens is 3. The summed E-state index contributed by atoms with van der Waals surface area (Å²) in [5, 5.41) is 3.85. The maximum atomic E-state index is 12.4. The van der Waals surface area contributed by atoms with Crippen LogP contribution in [0.25, 0.3) is 5.69 Å². The monoisotopic (exact) mass is 270 g/mol. The van der Waals surface area contributed by atoms with Crippen molar-refractivity contribution < 1.29 is 18.0 Å². The third kappa shape index (κ3) is 2.42. The summed E-state index contributed by atoms with van der Waals surface area (Å²) in [6, 6.07) is 2.01. The third-order valence-electron chi connectivity index (χ3n) is 2.47. The number of hydrogen-bond acceptors (Lipinski definition) is 4. The summed E-state index contributed by atoms with van der Waals surface area (Å²) < 4.78 is 38.2. The molecule has 2 rings (SSSR count). The molecule has 0 unspecified atom stereocenters. The number of Topliss-reactive ketones (excluding diaryl/α,β-unsaturated/α-hetero) is 1. The van der Waals surface area contributed by atoms with E-state index in [0.29, 0.717) is 0 Å². The van der Waals surface area contributed by atoms with Crippen molar-refractivity contribution in [1.29, 1.82) is 0 Å². The fourth-order valence-corrected chi connectivity index (χ4v) is 1.51. The Labute approximate surface area is 105 Å². The highest BCUT2D eigenvalue weighted by Gasteiger charge is 2.32. The zero-order valence-corrected chi connectivity index (χ0v) is 9.77. The number of carbonyl (C=O) groups is 1. The Morgan fingerprint density at radius 3 is 2.42 bits per heavy atom. The predicted octanol–water partition coefficient (Wildman–Crippen LogP) is 2.07. The molecule has 0 fully saturated rings. The number of pyridine rings is 1. The minimum absolute atomic E-state index is 0.0639. The Morgan fingerprint density at radius 1 is 1.32 bits per heavy atom. The number of nitrogens with zero attached hydrogens (tertiary/aromatic N) is 3. The van der Waals surface area contributed by atoms with Crippen molar-refractivity contribution in [3.05, 3.63) is 35.8 Å². The number of hydrogen-bond donors (Lipinski definition) is 1. The Balaban J connectivity index is 2.41. The summed E-state index contributed by atoms with van der Waals surface area (Å²) in [7, 11) is 0. The molecule has 2 N–H and O–H groups in total. The van der Waals surface area contributed by atoms with E-state index < -0.39 is 11.9 Å². The van der Waals surface area contributed by atoms with Crippen LogP contribution in [0.15, 0.2) is 24.5 Å². The van der Waals surface area contributed by atoms with Gasteiger partial charge in [-0.05, 0) is 19.1 Å². The van der Waals surface area contributed by atoms with Crippen LogP contribution in [0.1, 0.15) is 23.0 Å². The predicted molar refractivity (Wildman–Crippen MR) is 60.8 cm³/mol. The van der Waals surface area contributed by atoms with E-state index in [2.05, 4.69) is 10.1 Å². The van der Waals surface area contributed by atoms with E-state index in [1.165, 1.54) is 19.2 Å². The van der Waals surface area contributed by atoms with Crippen LogP contribution in [0, 0.1) is 0 Å². The molecule has 8 heteroatoms. The summed E-state index contributed by atoms with van der Waals surface area (Å²) >= 11 is 0. The molecule has 5 nitrogen and oxygen atoms in total. The van der Waals surface area contributed by atoms with E-state index in [4.69, 9.17) is 5.73 Å². The molecule has 0 saturated heterocycles. The van der Waals surface area contributed by atoms with Crippen molar-refractivity contribution in [2.45, 2.75) is 13.1 Å². The lowest BCUT2D eigenvalue weighted by Crippen LogP contribution is -2.09. The fourth-order valence-electron chi connectivity index (χ4n) is 1.51. The van der Waals surface area contributed by atoms with Crippen LogP contribution in [0.2, 0.25) is 0 Å². The maximum absolute atomic E-state index is 12.4. The molecular weight excluding hydrogens is 261 g/mol. The number of nitrogens with two attached hydrogens (primary N) is 1. The number of halogens is 3. The van der Waals surface area contributed by atoms with Crippen molar-refractivity contribution in [2.24, 2.45) is 0 Å². The van der Waals surface area contributed by atoms with Crippen molar-refractivity contribution in [2.75, 3.05) is 5.73 Å². The van der Waals surface area contributed by atoms with Crippen LogP contribution in [0.5, 0.6) is 0 Å². The summed E-state index contributed by atoms with van der Waals surface area (Å²) in [4.78, 5) is 14.5. The van der Waals surface area contributed by atoms with Gasteiger partial charge in [0.25, 0.3) is 0 Å². The van der Waals surface area contributed by atoms with Gasteiger partial charge in [-0.15, -0.1) is 0 Å². The van der Waals surface area contributed by atoms with Crippen molar-refractivity contribution in [3.63, 3.8) is 0 Å². The smallest absolute Gasteiger partial charge is 0.383 e. The molecule has 0 aliphatic heterocycles. The molecule has 19 heavy (non-hydrogen) atoms. The van der Waals surface area contributed by atoms with Gasteiger partial charge in [0.1, 0.15) is 11.5 Å². The zero-order chi connectivity index (χ0) is 14.2. The highest BCUT2D eigenvalue weighted by molar-refractivity contribution is 5.98. The summed E-state index contributed by atoms with van der Waals surface area (Å²) in [5.74, 6) is -0.210. The van der Waals surface area contributed by atoms with Gasteiger partial charge in [-0.2, -0.15) is 18.3 Å². The molecule has 0 atom stereocenters. The van der Waals surface area contributed by atoms with Gasteiger partial charge in [-0.25, -0.2) is 9.67 Å². The maximum Gasteiger partial charge on any atom is 0.433 e. The topological polar surface area (TPSA) is 73.8 Å². The first-order valence-corrected chi connectivity index (χ1v) is 5.18. The molecule has 0 spiro atoms. The molecule has 0 aliphatic rings. The highest BCUT2D eigenvalue weighted by Crippen LogP contribution is 2.28. The van der Waals surface area contributed by atoms with E-state index >= 15 is 0 Å².